The van der Waals surface area contributed by atoms with Crippen LogP contribution in [0.3, 0.4) is 0 Å². The first-order valence-electron chi connectivity index (χ1n) is 5.71. The maximum atomic E-state index is 8.80. The van der Waals surface area contributed by atoms with E-state index in [0.717, 1.165) is 27.1 Å². The first kappa shape index (κ1) is 13.4. The number of nitrogens with one attached hydrogen (secondary N) is 1. The number of ether oxygens (including phenoxy) is 1. The number of hydrogen-bond acceptors (Lipinski definition) is 6. The maximum Gasteiger partial charge on any atom is 0.188 e. The number of aryl methyl sites for hydroxylation is 1. The summed E-state index contributed by atoms with van der Waals surface area (Å²) in [5, 5.41) is 16.0. The van der Waals surface area contributed by atoms with E-state index < -0.39 is 0 Å². The Morgan fingerprint density at radius 2 is 2.05 bits per heavy atom. The van der Waals surface area contributed by atoms with E-state index in [-0.39, 0.29) is 0 Å². The van der Waals surface area contributed by atoms with Crippen molar-refractivity contribution in [2.75, 3.05) is 12.4 Å². The molecule has 0 aliphatic rings. The summed E-state index contributed by atoms with van der Waals surface area (Å²) in [5.74, 6) is 0.810. The van der Waals surface area contributed by atoms with E-state index in [1.54, 1.807) is 14.0 Å². The number of rotatable bonds is 4. The van der Waals surface area contributed by atoms with Crippen molar-refractivity contribution in [2.45, 2.75) is 13.8 Å². The largest absolute Gasteiger partial charge is 0.497 e. The van der Waals surface area contributed by atoms with E-state index in [4.69, 9.17) is 9.94 Å². The van der Waals surface area contributed by atoms with Gasteiger partial charge in [-0.1, -0.05) is 16.5 Å². The van der Waals surface area contributed by atoms with Gasteiger partial charge in [0.05, 0.1) is 23.4 Å². The van der Waals surface area contributed by atoms with E-state index in [1.807, 2.05) is 31.2 Å². The molecule has 0 radical (unpaired) electrons. The topological polar surface area (TPSA) is 66.7 Å². The van der Waals surface area contributed by atoms with Crippen LogP contribution in [0.15, 0.2) is 29.4 Å². The van der Waals surface area contributed by atoms with Crippen molar-refractivity contribution in [3.05, 3.63) is 34.8 Å². The average Bonchev–Trinajstić information content (AvgIpc) is 2.79. The number of anilines is 2. The van der Waals surface area contributed by atoms with Crippen LogP contribution in [-0.2, 0) is 0 Å². The highest BCUT2D eigenvalue weighted by atomic mass is 32.1. The van der Waals surface area contributed by atoms with E-state index in [1.165, 1.54) is 11.3 Å². The van der Waals surface area contributed by atoms with Crippen molar-refractivity contribution in [2.24, 2.45) is 5.16 Å². The molecule has 2 aromatic rings. The lowest BCUT2D eigenvalue weighted by molar-refractivity contribution is 0.319. The molecular weight excluding hydrogens is 262 g/mol. The minimum Gasteiger partial charge on any atom is -0.497 e. The smallest absolute Gasteiger partial charge is 0.188 e. The monoisotopic (exact) mass is 277 g/mol. The Bertz CT molecular complexity index is 590. The molecule has 1 aromatic heterocycles. The van der Waals surface area contributed by atoms with Crippen LogP contribution in [0.5, 0.6) is 5.75 Å². The van der Waals surface area contributed by atoms with Gasteiger partial charge in [0.15, 0.2) is 5.13 Å². The normalized spacial score (nSPS) is 11.4. The molecule has 2 rings (SSSR count). The Morgan fingerprint density at radius 3 is 2.63 bits per heavy atom. The van der Waals surface area contributed by atoms with Crippen LogP contribution < -0.4 is 10.1 Å². The van der Waals surface area contributed by atoms with Gasteiger partial charge in [-0.3, -0.25) is 0 Å². The number of aromatic nitrogens is 1. The molecule has 2 N–H and O–H groups in total. The Labute approximate surface area is 115 Å². The van der Waals surface area contributed by atoms with Gasteiger partial charge in [0, 0.05) is 5.69 Å². The van der Waals surface area contributed by atoms with Crippen LogP contribution >= 0.6 is 11.3 Å². The zero-order valence-corrected chi connectivity index (χ0v) is 11.8. The number of benzene rings is 1. The van der Waals surface area contributed by atoms with Gasteiger partial charge >= 0.3 is 0 Å². The predicted molar refractivity (Wildman–Crippen MR) is 77.1 cm³/mol. The van der Waals surface area contributed by atoms with Gasteiger partial charge in [0.2, 0.25) is 0 Å². The third-order valence-electron chi connectivity index (χ3n) is 2.62. The Hall–Kier alpha value is -2.08. The van der Waals surface area contributed by atoms with E-state index in [9.17, 15) is 0 Å². The lowest BCUT2D eigenvalue weighted by Crippen LogP contribution is -1.92. The fraction of sp³-hybridized carbons (Fsp3) is 0.231. The van der Waals surface area contributed by atoms with Crippen LogP contribution in [0.1, 0.15) is 17.5 Å². The van der Waals surface area contributed by atoms with Crippen LogP contribution in [0.25, 0.3) is 0 Å². The average molecular weight is 277 g/mol. The van der Waals surface area contributed by atoms with Gasteiger partial charge in [-0.2, -0.15) is 0 Å². The fourth-order valence-corrected chi connectivity index (χ4v) is 2.56. The molecule has 0 aliphatic heterocycles. The highest BCUT2D eigenvalue weighted by molar-refractivity contribution is 7.17. The molecule has 0 unspecified atom stereocenters. The number of hydrogen-bond donors (Lipinski definition) is 2. The molecule has 5 nitrogen and oxygen atoms in total. The van der Waals surface area contributed by atoms with Gasteiger partial charge in [-0.15, -0.1) is 0 Å². The van der Waals surface area contributed by atoms with Crippen molar-refractivity contribution in [3.63, 3.8) is 0 Å². The molecule has 100 valence electrons. The summed E-state index contributed by atoms with van der Waals surface area (Å²) in [6.45, 7) is 3.64. The van der Waals surface area contributed by atoms with Crippen molar-refractivity contribution >= 4 is 27.9 Å². The minimum absolute atomic E-state index is 0.567. The number of oxime groups is 1. The molecule has 0 bridgehead atoms. The molecule has 0 atom stereocenters. The summed E-state index contributed by atoms with van der Waals surface area (Å²) >= 11 is 1.45. The van der Waals surface area contributed by atoms with Gasteiger partial charge in [-0.05, 0) is 38.1 Å². The molecule has 0 saturated heterocycles. The van der Waals surface area contributed by atoms with Crippen molar-refractivity contribution in [3.8, 4) is 5.75 Å². The second kappa shape index (κ2) is 5.71. The predicted octanol–water partition coefficient (Wildman–Crippen LogP) is 3.40. The van der Waals surface area contributed by atoms with E-state index >= 15 is 0 Å². The summed E-state index contributed by atoms with van der Waals surface area (Å²) < 4.78 is 5.10. The SMILES string of the molecule is COc1ccc(Nc2nc(C)c(C(C)=NO)s2)cc1. The summed E-state index contributed by atoms with van der Waals surface area (Å²) in [5.41, 5.74) is 2.34. The highest BCUT2D eigenvalue weighted by Crippen LogP contribution is 2.27. The van der Waals surface area contributed by atoms with Gasteiger partial charge in [0.25, 0.3) is 0 Å². The van der Waals surface area contributed by atoms with Crippen molar-refractivity contribution in [1.29, 1.82) is 0 Å². The third kappa shape index (κ3) is 3.03. The van der Waals surface area contributed by atoms with E-state index in [2.05, 4.69) is 15.5 Å². The Kier molecular flexibility index (Phi) is 4.01. The van der Waals surface area contributed by atoms with Crippen molar-refractivity contribution in [1.82, 2.24) is 4.98 Å². The fourth-order valence-electron chi connectivity index (χ4n) is 1.63. The zero-order valence-electron chi connectivity index (χ0n) is 11.0. The minimum atomic E-state index is 0.567. The number of thiazole rings is 1. The summed E-state index contributed by atoms with van der Waals surface area (Å²) in [6, 6.07) is 7.60. The van der Waals surface area contributed by atoms with Gasteiger partial charge in [-0.25, -0.2) is 4.98 Å². The highest BCUT2D eigenvalue weighted by Gasteiger charge is 2.10. The molecular formula is C13H15N3O2S. The quantitative estimate of drug-likeness (QED) is 0.510. The zero-order chi connectivity index (χ0) is 13.8. The lowest BCUT2D eigenvalue weighted by Gasteiger charge is -2.03. The molecule has 19 heavy (non-hydrogen) atoms. The van der Waals surface area contributed by atoms with Crippen LogP contribution in [0.4, 0.5) is 10.8 Å². The first-order valence-corrected chi connectivity index (χ1v) is 6.53. The van der Waals surface area contributed by atoms with Crippen LogP contribution in [0, 0.1) is 6.92 Å². The summed E-state index contributed by atoms with van der Waals surface area (Å²) in [6.07, 6.45) is 0. The third-order valence-corrected chi connectivity index (χ3v) is 3.80. The molecule has 1 aromatic carbocycles. The Balaban J connectivity index is 2.19. The van der Waals surface area contributed by atoms with Crippen molar-refractivity contribution < 1.29 is 9.94 Å². The molecule has 1 heterocycles. The van der Waals surface area contributed by atoms with E-state index in [0.29, 0.717) is 5.71 Å². The second-order valence-corrected chi connectivity index (χ2v) is 4.97. The summed E-state index contributed by atoms with van der Waals surface area (Å²) in [7, 11) is 1.63. The molecule has 0 saturated carbocycles. The van der Waals surface area contributed by atoms with Crippen LogP contribution in [-0.4, -0.2) is 23.0 Å². The summed E-state index contributed by atoms with van der Waals surface area (Å²) in [4.78, 5) is 5.28. The molecule has 0 amide bonds. The van der Waals surface area contributed by atoms with Gasteiger partial charge < -0.3 is 15.3 Å². The van der Waals surface area contributed by atoms with Gasteiger partial charge in [0.1, 0.15) is 5.75 Å². The molecule has 6 heteroatoms. The Morgan fingerprint density at radius 1 is 1.37 bits per heavy atom. The number of nitrogens with zero attached hydrogens (tertiary/aromatic N) is 2. The molecule has 0 fully saturated rings. The molecule has 0 aliphatic carbocycles. The number of methoxy groups -OCH3 is 1. The standard InChI is InChI=1S/C13H15N3O2S/c1-8-12(9(2)16-17)19-13(14-8)15-10-4-6-11(18-3)7-5-10/h4-7,17H,1-3H3,(H,14,15). The molecule has 0 spiro atoms. The lowest BCUT2D eigenvalue weighted by atomic mass is 10.3. The second-order valence-electron chi connectivity index (χ2n) is 3.97. The first-order chi connectivity index (χ1) is 9.13. The maximum absolute atomic E-state index is 8.80. The van der Waals surface area contributed by atoms with Crippen LogP contribution in [0.2, 0.25) is 0 Å².